The van der Waals surface area contributed by atoms with Crippen LogP contribution >= 0.6 is 27.7 Å². The zero-order valence-electron chi connectivity index (χ0n) is 15.8. The molecule has 29 heavy (non-hydrogen) atoms. The molecule has 0 aromatic heterocycles. The molecule has 0 atom stereocenters. The molecule has 1 saturated heterocycles. The summed E-state index contributed by atoms with van der Waals surface area (Å²) in [5.41, 5.74) is 6.73. The van der Waals surface area contributed by atoms with E-state index in [-0.39, 0.29) is 6.79 Å². The Morgan fingerprint density at radius 3 is 2.69 bits per heavy atom. The van der Waals surface area contributed by atoms with Gasteiger partial charge in [-0.3, -0.25) is 0 Å². The van der Waals surface area contributed by atoms with Crippen molar-refractivity contribution in [1.29, 1.82) is 0 Å². The van der Waals surface area contributed by atoms with E-state index in [0.29, 0.717) is 16.7 Å². The molecule has 8 nitrogen and oxygen atoms in total. The topological polar surface area (TPSA) is 91.3 Å². The number of nitrogens with two attached hydrogens (primary N) is 1. The van der Waals surface area contributed by atoms with Crippen molar-refractivity contribution in [2.75, 3.05) is 32.2 Å². The number of aromatic nitrogens is 4. The normalized spacial score (nSPS) is 16.6. The van der Waals surface area contributed by atoms with Gasteiger partial charge in [0.05, 0.1) is 6.33 Å². The van der Waals surface area contributed by atoms with Gasteiger partial charge in [-0.2, -0.15) is 0 Å². The number of piperidine rings is 1. The maximum atomic E-state index is 6.08. The fourth-order valence-electron chi connectivity index (χ4n) is 3.65. The monoisotopic (exact) mass is 476 g/mol. The van der Waals surface area contributed by atoms with Crippen molar-refractivity contribution >= 4 is 33.5 Å². The quantitative estimate of drug-likeness (QED) is 0.598. The van der Waals surface area contributed by atoms with Crippen molar-refractivity contribution in [2.24, 2.45) is 0 Å². The van der Waals surface area contributed by atoms with Gasteiger partial charge >= 0.3 is 0 Å². The third kappa shape index (κ3) is 3.88. The molecule has 0 amide bonds. The number of nitrogen functional groups attached to an aromatic ring is 1. The Morgan fingerprint density at radius 2 is 1.86 bits per heavy atom. The Hall–Kier alpha value is -2.04. The number of hydrogen-bond donors (Lipinski definition) is 1. The van der Waals surface area contributed by atoms with Crippen molar-refractivity contribution in [3.8, 4) is 23.0 Å². The number of fused-ring (bicyclic) bond motifs is 2. The highest BCUT2D eigenvalue weighted by atomic mass is 79.9. The third-order valence-electron chi connectivity index (χ3n) is 5.21. The molecule has 1 aromatic rings. The summed E-state index contributed by atoms with van der Waals surface area (Å²) in [6, 6.07) is 3.84. The van der Waals surface area contributed by atoms with Crippen LogP contribution in [-0.2, 0) is 6.54 Å². The molecular formula is C19H21BrN6O2S. The van der Waals surface area contributed by atoms with Crippen molar-refractivity contribution in [1.82, 2.24) is 24.4 Å². The van der Waals surface area contributed by atoms with E-state index in [1.165, 1.54) is 31.0 Å². The molecule has 4 aliphatic rings. The summed E-state index contributed by atoms with van der Waals surface area (Å²) in [5.74, 6) is 2.63. The number of nitrogens with zero attached hydrogens (tertiary/aromatic N) is 5. The van der Waals surface area contributed by atoms with Crippen LogP contribution in [0.4, 0.5) is 5.82 Å². The summed E-state index contributed by atoms with van der Waals surface area (Å²) >= 11 is 5.05. The van der Waals surface area contributed by atoms with E-state index in [4.69, 9.17) is 20.2 Å². The number of rotatable bonds is 5. The summed E-state index contributed by atoms with van der Waals surface area (Å²) in [6.07, 6.45) is 5.66. The fraction of sp³-hybridized carbons (Fsp3) is 0.421. The van der Waals surface area contributed by atoms with Crippen LogP contribution in [0, 0.1) is 0 Å². The second-order valence-electron chi connectivity index (χ2n) is 7.14. The highest BCUT2D eigenvalue weighted by Gasteiger charge is 2.22. The highest BCUT2D eigenvalue weighted by Crippen LogP contribution is 2.43. The fourth-order valence-corrected chi connectivity index (χ4v) is 5.00. The first-order valence-corrected chi connectivity index (χ1v) is 11.3. The van der Waals surface area contributed by atoms with E-state index < -0.39 is 0 Å². The molecule has 2 N–H and O–H groups in total. The van der Waals surface area contributed by atoms with E-state index in [9.17, 15) is 0 Å². The number of hydrogen-bond acceptors (Lipinski definition) is 8. The summed E-state index contributed by atoms with van der Waals surface area (Å²) in [7, 11) is 0. The number of anilines is 1. The van der Waals surface area contributed by atoms with Crippen molar-refractivity contribution in [2.45, 2.75) is 35.9 Å². The SMILES string of the molecule is Nc1ncn(CCN2CCCCC2)c2nc(Sc3cc4c(cc3Br)OCO4)nc1-2. The maximum Gasteiger partial charge on any atom is 0.231 e. The van der Waals surface area contributed by atoms with E-state index >= 15 is 0 Å². The zero-order chi connectivity index (χ0) is 19.8. The minimum atomic E-state index is 0.242. The van der Waals surface area contributed by atoms with E-state index in [1.807, 2.05) is 16.7 Å². The molecule has 1 aromatic carbocycles. The molecule has 0 aliphatic carbocycles. The number of likely N-dealkylation sites (tertiary alicyclic amines) is 1. The maximum absolute atomic E-state index is 6.08. The lowest BCUT2D eigenvalue weighted by molar-refractivity contribution is 0.174. The van der Waals surface area contributed by atoms with Crippen molar-refractivity contribution in [3.05, 3.63) is 22.9 Å². The van der Waals surface area contributed by atoms with E-state index in [2.05, 4.69) is 30.8 Å². The minimum Gasteiger partial charge on any atom is -0.454 e. The third-order valence-corrected chi connectivity index (χ3v) is 7.05. The largest absolute Gasteiger partial charge is 0.454 e. The van der Waals surface area contributed by atoms with Gasteiger partial charge in [-0.25, -0.2) is 15.0 Å². The molecule has 4 aliphatic heterocycles. The van der Waals surface area contributed by atoms with Crippen molar-refractivity contribution in [3.63, 3.8) is 0 Å². The molecule has 0 saturated carbocycles. The molecule has 0 radical (unpaired) electrons. The summed E-state index contributed by atoms with van der Waals surface area (Å²) in [6.45, 7) is 4.37. The predicted octanol–water partition coefficient (Wildman–Crippen LogP) is 3.49. The van der Waals surface area contributed by atoms with E-state index in [1.54, 1.807) is 6.33 Å². The Kier molecular flexibility index (Phi) is 5.23. The Labute approximate surface area is 181 Å². The first-order valence-electron chi connectivity index (χ1n) is 9.65. The van der Waals surface area contributed by atoms with Crippen LogP contribution in [0.2, 0.25) is 0 Å². The summed E-state index contributed by atoms with van der Waals surface area (Å²) < 4.78 is 13.9. The van der Waals surface area contributed by atoms with Gasteiger partial charge in [-0.1, -0.05) is 6.42 Å². The zero-order valence-corrected chi connectivity index (χ0v) is 18.2. The predicted molar refractivity (Wildman–Crippen MR) is 114 cm³/mol. The van der Waals surface area contributed by atoms with Crippen LogP contribution in [-0.4, -0.2) is 50.8 Å². The van der Waals surface area contributed by atoms with Crippen LogP contribution in [0.3, 0.4) is 0 Å². The number of halogens is 1. The van der Waals surface area contributed by atoms with Gasteiger partial charge in [0.1, 0.15) is 0 Å². The molecule has 0 unspecified atom stereocenters. The number of imidazole rings is 1. The lowest BCUT2D eigenvalue weighted by Crippen LogP contribution is -2.32. The van der Waals surface area contributed by atoms with E-state index in [0.717, 1.165) is 52.9 Å². The lowest BCUT2D eigenvalue weighted by Gasteiger charge is -2.26. The van der Waals surface area contributed by atoms with Crippen LogP contribution in [0.5, 0.6) is 11.5 Å². The van der Waals surface area contributed by atoms with Crippen LogP contribution in [0.15, 0.2) is 33.0 Å². The van der Waals surface area contributed by atoms with Crippen LogP contribution in [0.25, 0.3) is 11.5 Å². The molecule has 5 rings (SSSR count). The first kappa shape index (κ1) is 19.0. The minimum absolute atomic E-state index is 0.242. The van der Waals surface area contributed by atoms with Crippen molar-refractivity contribution < 1.29 is 9.47 Å². The Bertz CT molecular complexity index is 1010. The average Bonchev–Trinajstić information content (AvgIpc) is 3.36. The van der Waals surface area contributed by atoms with Gasteiger partial charge in [0.15, 0.2) is 34.0 Å². The Morgan fingerprint density at radius 1 is 1.07 bits per heavy atom. The average molecular weight is 477 g/mol. The summed E-state index contributed by atoms with van der Waals surface area (Å²) in [5, 5.41) is 0.631. The molecule has 0 bridgehead atoms. The van der Waals surface area contributed by atoms with Gasteiger partial charge < -0.3 is 24.7 Å². The molecule has 1 fully saturated rings. The molecular weight excluding hydrogens is 456 g/mol. The highest BCUT2D eigenvalue weighted by molar-refractivity contribution is 9.10. The van der Waals surface area contributed by atoms with Gasteiger partial charge in [0, 0.05) is 22.5 Å². The van der Waals surface area contributed by atoms with Gasteiger partial charge in [0.2, 0.25) is 6.79 Å². The van der Waals surface area contributed by atoms with Gasteiger partial charge in [0.25, 0.3) is 0 Å². The standard InChI is InChI=1S/C19H21BrN6O2S/c20-12-8-13-14(28-11-27-13)9-15(12)29-19-23-16-17(21)22-10-26(18(16)24-19)7-6-25-4-2-1-3-5-25/h8-10H,1-7,11,21H2. The number of ether oxygens (including phenoxy) is 2. The molecule has 4 heterocycles. The first-order chi connectivity index (χ1) is 14.2. The van der Waals surface area contributed by atoms with Gasteiger partial charge in [-0.05, 0) is 65.8 Å². The lowest BCUT2D eigenvalue weighted by atomic mass is 10.1. The molecule has 152 valence electrons. The Balaban J connectivity index is 1.39. The van der Waals surface area contributed by atoms with Gasteiger partial charge in [-0.15, -0.1) is 0 Å². The second-order valence-corrected chi connectivity index (χ2v) is 9.01. The van der Waals surface area contributed by atoms with Crippen LogP contribution in [0.1, 0.15) is 19.3 Å². The summed E-state index contributed by atoms with van der Waals surface area (Å²) in [4.78, 5) is 17.2. The van der Waals surface area contributed by atoms with Crippen LogP contribution < -0.4 is 15.2 Å². The second kappa shape index (κ2) is 8.00. The number of benzene rings is 1. The smallest absolute Gasteiger partial charge is 0.231 e. The molecule has 10 heteroatoms. The molecule has 0 spiro atoms.